The molecule has 0 aromatic heterocycles. The summed E-state index contributed by atoms with van der Waals surface area (Å²) in [6.45, 7) is 10.8. The zero-order chi connectivity index (χ0) is 20.3. The van der Waals surface area contributed by atoms with E-state index in [1.54, 1.807) is 13.8 Å². The van der Waals surface area contributed by atoms with Gasteiger partial charge in [0.15, 0.2) is 17.8 Å². The van der Waals surface area contributed by atoms with E-state index in [-0.39, 0.29) is 16.7 Å². The summed E-state index contributed by atoms with van der Waals surface area (Å²) in [6.07, 6.45) is 9.96. The van der Waals surface area contributed by atoms with Crippen molar-refractivity contribution in [1.82, 2.24) is 0 Å². The highest BCUT2D eigenvalue weighted by molar-refractivity contribution is 5.89. The van der Waals surface area contributed by atoms with Crippen LogP contribution in [0, 0.1) is 16.7 Å². The molecule has 2 aliphatic carbocycles. The summed E-state index contributed by atoms with van der Waals surface area (Å²) in [4.78, 5) is 11.7. The summed E-state index contributed by atoms with van der Waals surface area (Å²) in [6, 6.07) is 1.82. The number of carbonyl (C=O) groups excluding carboxylic acids is 1. The van der Waals surface area contributed by atoms with Crippen molar-refractivity contribution >= 4 is 12.4 Å². The number of hydrogen-bond donors (Lipinski definition) is 1. The summed E-state index contributed by atoms with van der Waals surface area (Å²) < 4.78 is 11.6. The van der Waals surface area contributed by atoms with E-state index in [4.69, 9.17) is 9.47 Å². The van der Waals surface area contributed by atoms with E-state index in [9.17, 15) is 9.90 Å². The highest BCUT2D eigenvalue weighted by Crippen LogP contribution is 2.60. The van der Waals surface area contributed by atoms with E-state index in [0.717, 1.165) is 6.42 Å². The van der Waals surface area contributed by atoms with Gasteiger partial charge in [-0.3, -0.25) is 4.79 Å². The van der Waals surface area contributed by atoms with Gasteiger partial charge >= 0.3 is 0 Å². The van der Waals surface area contributed by atoms with E-state index in [1.165, 1.54) is 37.7 Å². The molecule has 1 aromatic carbocycles. The molecule has 0 bridgehead atoms. The Morgan fingerprint density at radius 1 is 1.11 bits per heavy atom. The monoisotopic (exact) mass is 384 g/mol. The molecule has 1 unspecified atom stereocenters. The first-order valence-electron chi connectivity index (χ1n) is 10.5. The molecule has 1 aliphatic heterocycles. The van der Waals surface area contributed by atoms with Gasteiger partial charge in [-0.2, -0.15) is 0 Å². The van der Waals surface area contributed by atoms with Gasteiger partial charge in [0.25, 0.3) is 0 Å². The van der Waals surface area contributed by atoms with E-state index in [0.29, 0.717) is 34.7 Å². The first kappa shape index (κ1) is 19.4. The summed E-state index contributed by atoms with van der Waals surface area (Å²) in [5.41, 5.74) is 2.70. The van der Waals surface area contributed by atoms with Gasteiger partial charge in [-0.05, 0) is 54.9 Å². The van der Waals surface area contributed by atoms with Crippen molar-refractivity contribution in [3.63, 3.8) is 0 Å². The number of allylic oxidation sites excluding steroid dienone is 1. The number of rotatable bonds is 2. The summed E-state index contributed by atoms with van der Waals surface area (Å²) >= 11 is 0. The molecular weight excluding hydrogens is 352 g/mol. The van der Waals surface area contributed by atoms with Crippen molar-refractivity contribution in [3.05, 3.63) is 22.8 Å². The Labute approximate surface area is 167 Å². The second-order valence-corrected chi connectivity index (χ2v) is 10.2. The van der Waals surface area contributed by atoms with E-state index >= 15 is 0 Å². The Kier molecular flexibility index (Phi) is 4.33. The molecule has 0 spiro atoms. The molecule has 0 radical (unpaired) electrons. The molecule has 4 heteroatoms. The lowest BCUT2D eigenvalue weighted by atomic mass is 9.50. The lowest BCUT2D eigenvalue weighted by Crippen LogP contribution is -2.45. The first-order chi connectivity index (χ1) is 13.1. The average molecular weight is 385 g/mol. The zero-order valence-corrected chi connectivity index (χ0v) is 17.7. The highest BCUT2D eigenvalue weighted by Gasteiger charge is 2.49. The summed E-state index contributed by atoms with van der Waals surface area (Å²) in [5, 5.41) is 10.8. The molecule has 4 rings (SSSR count). The molecule has 4 nitrogen and oxygen atoms in total. The molecule has 0 saturated heterocycles. The van der Waals surface area contributed by atoms with Crippen LogP contribution in [0.1, 0.15) is 89.1 Å². The van der Waals surface area contributed by atoms with Crippen LogP contribution in [0.5, 0.6) is 17.2 Å². The first-order valence-corrected chi connectivity index (χ1v) is 10.5. The topological polar surface area (TPSA) is 55.8 Å². The third-order valence-corrected chi connectivity index (χ3v) is 7.34. The molecule has 28 heavy (non-hydrogen) atoms. The van der Waals surface area contributed by atoms with Gasteiger partial charge in [0, 0.05) is 19.4 Å². The molecule has 2 saturated carbocycles. The zero-order valence-electron chi connectivity index (χ0n) is 17.7. The molecule has 3 aliphatic rings. The Bertz CT molecular complexity index is 849. The predicted molar refractivity (Wildman–Crippen MR) is 110 cm³/mol. The number of aromatic hydroxyl groups is 1. The van der Waals surface area contributed by atoms with Crippen LogP contribution in [0.4, 0.5) is 0 Å². The number of hydrogen-bond acceptors (Lipinski definition) is 4. The minimum absolute atomic E-state index is 0.0108. The van der Waals surface area contributed by atoms with Gasteiger partial charge in [0.2, 0.25) is 5.79 Å². The third-order valence-electron chi connectivity index (χ3n) is 7.34. The quantitative estimate of drug-likeness (QED) is 0.625. The molecule has 152 valence electrons. The summed E-state index contributed by atoms with van der Waals surface area (Å²) in [5.74, 6) is 0.662. The van der Waals surface area contributed by atoms with Gasteiger partial charge < -0.3 is 14.6 Å². The maximum Gasteiger partial charge on any atom is 0.246 e. The second-order valence-electron chi connectivity index (χ2n) is 10.2. The fourth-order valence-corrected chi connectivity index (χ4v) is 6.03. The van der Waals surface area contributed by atoms with Gasteiger partial charge in [-0.15, -0.1) is 0 Å². The van der Waals surface area contributed by atoms with Crippen LogP contribution in [-0.4, -0.2) is 17.2 Å². The molecule has 1 aromatic rings. The number of aldehydes is 1. The maximum absolute atomic E-state index is 11.7. The lowest BCUT2D eigenvalue weighted by Gasteiger charge is -2.55. The van der Waals surface area contributed by atoms with Gasteiger partial charge in [-0.25, -0.2) is 0 Å². The highest BCUT2D eigenvalue weighted by atomic mass is 16.7. The minimum Gasteiger partial charge on any atom is -0.506 e. The third kappa shape index (κ3) is 2.92. The average Bonchev–Trinajstić information content (AvgIpc) is 2.90. The standard InChI is InChI=1S/C24H32O4/c1-22(2)10-7-11-24(5)16(8-6-9-19(22)24)12-15-13-18-21(17(14-25)20(15)26)28-23(3,4)27-18/h12-14,19,26H,6-11H2,1-5H3/b16-12+/t19-,24?/m0/s1. The fourth-order valence-electron chi connectivity index (χ4n) is 6.03. The maximum atomic E-state index is 11.7. The Hall–Kier alpha value is -1.97. The van der Waals surface area contributed by atoms with Crippen molar-refractivity contribution in [2.75, 3.05) is 0 Å². The number of phenols is 1. The van der Waals surface area contributed by atoms with Crippen molar-refractivity contribution in [2.45, 2.75) is 78.9 Å². The smallest absolute Gasteiger partial charge is 0.246 e. The molecular formula is C24H32O4. The normalized spacial score (nSPS) is 31.5. The van der Waals surface area contributed by atoms with Crippen molar-refractivity contribution < 1.29 is 19.4 Å². The fraction of sp³-hybridized carbons (Fsp3) is 0.625. The van der Waals surface area contributed by atoms with Crippen LogP contribution in [-0.2, 0) is 0 Å². The predicted octanol–water partition coefficient (Wildman–Crippen LogP) is 6.11. The van der Waals surface area contributed by atoms with Gasteiger partial charge in [-0.1, -0.05) is 38.8 Å². The van der Waals surface area contributed by atoms with Crippen LogP contribution < -0.4 is 9.47 Å². The van der Waals surface area contributed by atoms with E-state index < -0.39 is 5.79 Å². The Morgan fingerprint density at radius 3 is 2.57 bits per heavy atom. The largest absolute Gasteiger partial charge is 0.506 e. The van der Waals surface area contributed by atoms with Gasteiger partial charge in [0.1, 0.15) is 11.3 Å². The number of ether oxygens (including phenoxy) is 2. The minimum atomic E-state index is -0.840. The number of benzene rings is 1. The van der Waals surface area contributed by atoms with Crippen LogP contribution in [0.25, 0.3) is 6.08 Å². The number of phenolic OH excluding ortho intramolecular Hbond substituents is 1. The van der Waals surface area contributed by atoms with E-state index in [2.05, 4.69) is 26.8 Å². The van der Waals surface area contributed by atoms with Crippen LogP contribution >= 0.6 is 0 Å². The lowest BCUT2D eigenvalue weighted by molar-refractivity contribution is -0.0433. The van der Waals surface area contributed by atoms with Crippen molar-refractivity contribution in [1.29, 1.82) is 0 Å². The molecule has 1 N–H and O–H groups in total. The number of fused-ring (bicyclic) bond motifs is 2. The molecule has 2 fully saturated rings. The molecule has 2 atom stereocenters. The molecule has 1 heterocycles. The van der Waals surface area contributed by atoms with Crippen LogP contribution in [0.2, 0.25) is 0 Å². The van der Waals surface area contributed by atoms with Crippen LogP contribution in [0.3, 0.4) is 0 Å². The molecule has 0 amide bonds. The van der Waals surface area contributed by atoms with Gasteiger partial charge in [0.05, 0.1) is 0 Å². The van der Waals surface area contributed by atoms with Crippen molar-refractivity contribution in [3.8, 4) is 17.2 Å². The Morgan fingerprint density at radius 2 is 1.86 bits per heavy atom. The van der Waals surface area contributed by atoms with Crippen molar-refractivity contribution in [2.24, 2.45) is 16.7 Å². The second kappa shape index (κ2) is 6.27. The van der Waals surface area contributed by atoms with Crippen LogP contribution in [0.15, 0.2) is 11.6 Å². The SMILES string of the molecule is CC1(C)Oc2cc(/C=C3\CCC[C@H]4C(C)(C)CCCC34C)c(O)c(C=O)c2O1. The Balaban J connectivity index is 1.80. The van der Waals surface area contributed by atoms with E-state index in [1.807, 2.05) is 6.07 Å². The number of carbonyl (C=O) groups is 1. The summed E-state index contributed by atoms with van der Waals surface area (Å²) in [7, 11) is 0.